The van der Waals surface area contributed by atoms with Crippen LogP contribution in [0.4, 0.5) is 8.78 Å². The third-order valence-electron chi connectivity index (χ3n) is 3.92. The van der Waals surface area contributed by atoms with Crippen molar-refractivity contribution >= 4 is 10.0 Å². The lowest BCUT2D eigenvalue weighted by Gasteiger charge is -2.12. The minimum absolute atomic E-state index is 0.234. The van der Waals surface area contributed by atoms with Crippen LogP contribution < -0.4 is 4.72 Å². The van der Waals surface area contributed by atoms with Gasteiger partial charge in [0.05, 0.1) is 12.2 Å². The Kier molecular flexibility index (Phi) is 5.29. The molecule has 0 saturated heterocycles. The Morgan fingerprint density at radius 1 is 1.24 bits per heavy atom. The van der Waals surface area contributed by atoms with Crippen LogP contribution in [0, 0.1) is 17.6 Å². The second-order valence-electron chi connectivity index (χ2n) is 5.33. The van der Waals surface area contributed by atoms with Crippen molar-refractivity contribution in [2.45, 2.75) is 43.6 Å². The number of halogens is 2. The maximum absolute atomic E-state index is 13.9. The smallest absolute Gasteiger partial charge is 0.243 e. The van der Waals surface area contributed by atoms with E-state index in [4.69, 9.17) is 5.11 Å². The average molecular weight is 319 g/mol. The number of benzene rings is 1. The normalized spacial score (nSPS) is 16.5. The minimum Gasteiger partial charge on any atom is -0.391 e. The first kappa shape index (κ1) is 16.3. The topological polar surface area (TPSA) is 66.4 Å². The van der Waals surface area contributed by atoms with E-state index in [1.54, 1.807) is 0 Å². The van der Waals surface area contributed by atoms with Gasteiger partial charge in [-0.3, -0.25) is 0 Å². The second kappa shape index (κ2) is 6.81. The van der Waals surface area contributed by atoms with Gasteiger partial charge in [0.15, 0.2) is 5.82 Å². The molecule has 118 valence electrons. The molecular weight excluding hydrogens is 300 g/mol. The van der Waals surface area contributed by atoms with Crippen LogP contribution in [-0.2, 0) is 16.6 Å². The molecule has 21 heavy (non-hydrogen) atoms. The van der Waals surface area contributed by atoms with Crippen LogP contribution >= 0.6 is 0 Å². The Morgan fingerprint density at radius 2 is 1.90 bits per heavy atom. The van der Waals surface area contributed by atoms with Crippen LogP contribution in [0.2, 0.25) is 0 Å². The molecule has 0 aliphatic heterocycles. The van der Waals surface area contributed by atoms with Crippen molar-refractivity contribution in [1.29, 1.82) is 0 Å². The van der Waals surface area contributed by atoms with Gasteiger partial charge in [-0.15, -0.1) is 0 Å². The molecule has 0 heterocycles. The number of aliphatic hydroxyl groups is 1. The Balaban J connectivity index is 2.08. The van der Waals surface area contributed by atoms with Crippen molar-refractivity contribution in [1.82, 2.24) is 4.72 Å². The van der Waals surface area contributed by atoms with Crippen LogP contribution in [0.15, 0.2) is 17.0 Å². The summed E-state index contributed by atoms with van der Waals surface area (Å²) < 4.78 is 53.6. The van der Waals surface area contributed by atoms with Gasteiger partial charge in [0.25, 0.3) is 0 Å². The highest BCUT2D eigenvalue weighted by Gasteiger charge is 2.23. The first-order chi connectivity index (χ1) is 9.95. The molecule has 1 saturated carbocycles. The Hall–Kier alpha value is -1.05. The molecule has 1 aromatic rings. The molecular formula is C14H19F2NO3S. The van der Waals surface area contributed by atoms with Gasteiger partial charge in [-0.2, -0.15) is 0 Å². The van der Waals surface area contributed by atoms with Gasteiger partial charge in [0.2, 0.25) is 10.0 Å². The Bertz CT molecular complexity index is 598. The highest BCUT2D eigenvalue weighted by Crippen LogP contribution is 2.27. The van der Waals surface area contributed by atoms with Crippen LogP contribution in [0.3, 0.4) is 0 Å². The number of sulfonamides is 1. The zero-order valence-corrected chi connectivity index (χ0v) is 12.4. The van der Waals surface area contributed by atoms with Crippen LogP contribution in [0.5, 0.6) is 0 Å². The SMILES string of the molecule is O=S(=O)(NCCC1CCCC1)c1ccc(F)c(CO)c1F. The zero-order chi connectivity index (χ0) is 15.5. The number of hydrogen-bond acceptors (Lipinski definition) is 3. The van der Waals surface area contributed by atoms with Crippen molar-refractivity contribution in [3.05, 3.63) is 29.3 Å². The predicted octanol–water partition coefficient (Wildman–Crippen LogP) is 2.32. The quantitative estimate of drug-likeness (QED) is 0.845. The molecule has 0 atom stereocenters. The van der Waals surface area contributed by atoms with E-state index in [-0.39, 0.29) is 6.54 Å². The van der Waals surface area contributed by atoms with Crippen LogP contribution in [-0.4, -0.2) is 20.1 Å². The van der Waals surface area contributed by atoms with E-state index < -0.39 is 38.7 Å². The zero-order valence-electron chi connectivity index (χ0n) is 11.6. The van der Waals surface area contributed by atoms with Gasteiger partial charge in [-0.25, -0.2) is 21.9 Å². The lowest BCUT2D eigenvalue weighted by atomic mass is 10.1. The van der Waals surface area contributed by atoms with Crippen molar-refractivity contribution < 1.29 is 22.3 Å². The minimum atomic E-state index is -4.03. The van der Waals surface area contributed by atoms with Gasteiger partial charge in [-0.1, -0.05) is 25.7 Å². The highest BCUT2D eigenvalue weighted by atomic mass is 32.2. The molecule has 2 N–H and O–H groups in total. The summed E-state index contributed by atoms with van der Waals surface area (Å²) in [4.78, 5) is -0.626. The molecule has 0 bridgehead atoms. The maximum Gasteiger partial charge on any atom is 0.243 e. The molecule has 4 nitrogen and oxygen atoms in total. The fourth-order valence-corrected chi connectivity index (χ4v) is 3.85. The summed E-state index contributed by atoms with van der Waals surface area (Å²) in [5.74, 6) is -1.68. The first-order valence-corrected chi connectivity index (χ1v) is 8.51. The molecule has 1 aliphatic rings. The number of rotatable bonds is 6. The fraction of sp³-hybridized carbons (Fsp3) is 0.571. The van der Waals surface area contributed by atoms with Crippen molar-refractivity contribution in [2.75, 3.05) is 6.54 Å². The molecule has 0 spiro atoms. The lowest BCUT2D eigenvalue weighted by molar-refractivity contribution is 0.267. The molecule has 0 radical (unpaired) electrons. The fourth-order valence-electron chi connectivity index (χ4n) is 2.70. The largest absolute Gasteiger partial charge is 0.391 e. The van der Waals surface area contributed by atoms with E-state index in [9.17, 15) is 17.2 Å². The first-order valence-electron chi connectivity index (χ1n) is 7.03. The third-order valence-corrected chi connectivity index (χ3v) is 5.40. The standard InChI is InChI=1S/C14H19F2NO3S/c15-12-5-6-13(14(16)11(12)9-18)21(19,20)17-8-7-10-3-1-2-4-10/h5-6,10,17-18H,1-4,7-9H2. The third kappa shape index (κ3) is 3.78. The van der Waals surface area contributed by atoms with E-state index in [2.05, 4.69) is 4.72 Å². The molecule has 0 aromatic heterocycles. The molecule has 1 aromatic carbocycles. The summed E-state index contributed by atoms with van der Waals surface area (Å²) in [6, 6.07) is 1.72. The Morgan fingerprint density at radius 3 is 2.52 bits per heavy atom. The summed E-state index contributed by atoms with van der Waals surface area (Å²) in [5.41, 5.74) is -0.631. The molecule has 0 unspecified atom stereocenters. The van der Waals surface area contributed by atoms with Crippen LogP contribution in [0.25, 0.3) is 0 Å². The van der Waals surface area contributed by atoms with Crippen molar-refractivity contribution in [2.24, 2.45) is 5.92 Å². The summed E-state index contributed by atoms with van der Waals surface area (Å²) in [6.45, 7) is -0.651. The number of nitrogens with one attached hydrogen (secondary N) is 1. The van der Waals surface area contributed by atoms with E-state index in [0.717, 1.165) is 31.4 Å². The summed E-state index contributed by atoms with van der Waals surface area (Å²) in [5, 5.41) is 8.91. The Labute approximate surface area is 123 Å². The van der Waals surface area contributed by atoms with Crippen molar-refractivity contribution in [3.8, 4) is 0 Å². The van der Waals surface area contributed by atoms with Crippen LogP contribution in [0.1, 0.15) is 37.7 Å². The van der Waals surface area contributed by atoms with Gasteiger partial charge in [0, 0.05) is 6.54 Å². The molecule has 1 aliphatic carbocycles. The second-order valence-corrected chi connectivity index (χ2v) is 7.07. The van der Waals surface area contributed by atoms with E-state index in [1.165, 1.54) is 12.8 Å². The summed E-state index contributed by atoms with van der Waals surface area (Å²) >= 11 is 0. The molecule has 0 amide bonds. The average Bonchev–Trinajstić information content (AvgIpc) is 2.92. The van der Waals surface area contributed by atoms with Crippen molar-refractivity contribution in [3.63, 3.8) is 0 Å². The predicted molar refractivity (Wildman–Crippen MR) is 74.0 cm³/mol. The number of hydrogen-bond donors (Lipinski definition) is 2. The number of aliphatic hydroxyl groups excluding tert-OH is 1. The molecule has 2 rings (SSSR count). The van der Waals surface area contributed by atoms with Gasteiger partial charge < -0.3 is 5.11 Å². The summed E-state index contributed by atoms with van der Waals surface area (Å²) in [6.07, 6.45) is 5.26. The molecule has 7 heteroatoms. The molecule has 1 fully saturated rings. The van der Waals surface area contributed by atoms with Gasteiger partial charge >= 0.3 is 0 Å². The highest BCUT2D eigenvalue weighted by molar-refractivity contribution is 7.89. The summed E-state index contributed by atoms with van der Waals surface area (Å²) in [7, 11) is -4.03. The monoisotopic (exact) mass is 319 g/mol. The lowest BCUT2D eigenvalue weighted by Crippen LogP contribution is -2.27. The van der Waals surface area contributed by atoms with E-state index in [0.29, 0.717) is 5.92 Å². The van der Waals surface area contributed by atoms with E-state index in [1.807, 2.05) is 0 Å². The van der Waals surface area contributed by atoms with E-state index >= 15 is 0 Å². The van der Waals surface area contributed by atoms with Gasteiger partial charge in [-0.05, 0) is 24.5 Å². The maximum atomic E-state index is 13.9. The van der Waals surface area contributed by atoms with Gasteiger partial charge in [0.1, 0.15) is 10.7 Å².